The van der Waals surface area contributed by atoms with Crippen molar-refractivity contribution in [3.8, 4) is 0 Å². The smallest absolute Gasteiger partial charge is 0.163 e. The molecule has 0 bridgehead atoms. The predicted octanol–water partition coefficient (Wildman–Crippen LogP) is 0.675. The van der Waals surface area contributed by atoms with Crippen molar-refractivity contribution < 1.29 is 9.57 Å². The number of ether oxygens (including phenoxy) is 1. The van der Waals surface area contributed by atoms with Crippen molar-refractivity contribution >= 4 is 6.21 Å². The van der Waals surface area contributed by atoms with E-state index in [9.17, 15) is 0 Å². The molecule has 1 aliphatic heterocycles. The Morgan fingerprint density at radius 3 is 3.11 bits per heavy atom. The molecule has 0 aromatic carbocycles. The van der Waals surface area contributed by atoms with Gasteiger partial charge in [0.2, 0.25) is 0 Å². The number of rotatable bonds is 2. The van der Waals surface area contributed by atoms with Crippen LogP contribution >= 0.6 is 0 Å². The quantitative estimate of drug-likeness (QED) is 0.547. The topological polar surface area (TPSA) is 30.8 Å². The van der Waals surface area contributed by atoms with Gasteiger partial charge in [0.15, 0.2) is 5.60 Å². The second-order valence-electron chi connectivity index (χ2n) is 2.40. The Labute approximate surface area is 54.6 Å². The molecule has 0 saturated carbocycles. The fourth-order valence-electron chi connectivity index (χ4n) is 0.757. The van der Waals surface area contributed by atoms with Crippen molar-refractivity contribution in [1.29, 1.82) is 0 Å². The van der Waals surface area contributed by atoms with Crippen LogP contribution in [0.5, 0.6) is 0 Å². The van der Waals surface area contributed by atoms with Crippen molar-refractivity contribution in [2.24, 2.45) is 5.16 Å². The van der Waals surface area contributed by atoms with Gasteiger partial charge in [-0.3, -0.25) is 0 Å². The zero-order valence-electron chi connectivity index (χ0n) is 5.68. The standard InChI is InChI=1S/C6H10NO2/c1-6(5-8-2)3-4-7-9-6/h3,5H2,1-2H3. The van der Waals surface area contributed by atoms with E-state index < -0.39 is 0 Å². The van der Waals surface area contributed by atoms with Gasteiger partial charge >= 0.3 is 0 Å². The maximum atomic E-state index is 4.97. The average Bonchev–Trinajstić information content (AvgIpc) is 2.16. The molecule has 51 valence electrons. The van der Waals surface area contributed by atoms with Gasteiger partial charge < -0.3 is 9.57 Å². The molecule has 1 rings (SSSR count). The molecule has 0 fully saturated rings. The first-order chi connectivity index (χ1) is 4.27. The Balaban J connectivity index is 2.36. The van der Waals surface area contributed by atoms with Crippen LogP contribution in [0.15, 0.2) is 5.16 Å². The van der Waals surface area contributed by atoms with Gasteiger partial charge in [-0.15, -0.1) is 0 Å². The summed E-state index contributed by atoms with van der Waals surface area (Å²) in [5.41, 5.74) is -0.255. The SMILES string of the molecule is COCC1(C)C[C]=NO1. The van der Waals surface area contributed by atoms with E-state index in [-0.39, 0.29) is 5.60 Å². The highest BCUT2D eigenvalue weighted by Gasteiger charge is 2.29. The number of hydrogen-bond donors (Lipinski definition) is 0. The summed E-state index contributed by atoms with van der Waals surface area (Å²) in [5.74, 6) is 0. The lowest BCUT2D eigenvalue weighted by molar-refractivity contribution is -0.0551. The van der Waals surface area contributed by atoms with Crippen LogP contribution in [0, 0.1) is 0 Å². The fraction of sp³-hybridized carbons (Fsp3) is 0.833. The van der Waals surface area contributed by atoms with E-state index in [1.807, 2.05) is 6.92 Å². The van der Waals surface area contributed by atoms with Crippen LogP contribution in [-0.4, -0.2) is 25.5 Å². The minimum absolute atomic E-state index is 0.255. The number of methoxy groups -OCH3 is 1. The van der Waals surface area contributed by atoms with E-state index in [4.69, 9.17) is 9.57 Å². The molecule has 0 aromatic heterocycles. The molecule has 1 radical (unpaired) electrons. The van der Waals surface area contributed by atoms with Crippen LogP contribution in [0.3, 0.4) is 0 Å². The molecule has 1 heterocycles. The van der Waals surface area contributed by atoms with Crippen molar-refractivity contribution in [2.45, 2.75) is 18.9 Å². The number of nitrogens with zero attached hydrogens (tertiary/aromatic N) is 1. The summed E-state index contributed by atoms with van der Waals surface area (Å²) < 4.78 is 4.90. The molecule has 0 aliphatic carbocycles. The Hall–Kier alpha value is -0.570. The molecule has 9 heavy (non-hydrogen) atoms. The van der Waals surface area contributed by atoms with Gasteiger partial charge in [-0.1, -0.05) is 5.16 Å². The molecule has 0 amide bonds. The first kappa shape index (κ1) is 6.55. The van der Waals surface area contributed by atoms with E-state index >= 15 is 0 Å². The van der Waals surface area contributed by atoms with Gasteiger partial charge in [0.05, 0.1) is 6.61 Å². The fourth-order valence-corrected chi connectivity index (χ4v) is 0.757. The average molecular weight is 128 g/mol. The molecule has 3 heteroatoms. The zero-order valence-corrected chi connectivity index (χ0v) is 5.68. The van der Waals surface area contributed by atoms with Crippen LogP contribution in [0.25, 0.3) is 0 Å². The van der Waals surface area contributed by atoms with E-state index in [0.717, 1.165) is 6.42 Å². The van der Waals surface area contributed by atoms with Crippen LogP contribution < -0.4 is 0 Å². The van der Waals surface area contributed by atoms with Crippen LogP contribution in [-0.2, 0) is 9.57 Å². The predicted molar refractivity (Wildman–Crippen MR) is 33.4 cm³/mol. The summed E-state index contributed by atoms with van der Waals surface area (Å²) in [7, 11) is 1.65. The highest BCUT2D eigenvalue weighted by molar-refractivity contribution is 5.59. The first-order valence-corrected chi connectivity index (χ1v) is 2.87. The molecule has 1 atom stereocenters. The van der Waals surface area contributed by atoms with Gasteiger partial charge in [-0.05, 0) is 6.92 Å². The third kappa shape index (κ3) is 1.42. The lowest BCUT2D eigenvalue weighted by Gasteiger charge is -2.18. The third-order valence-corrected chi connectivity index (χ3v) is 1.23. The molecule has 0 N–H and O–H groups in total. The highest BCUT2D eigenvalue weighted by atomic mass is 16.7. The van der Waals surface area contributed by atoms with Crippen molar-refractivity contribution in [1.82, 2.24) is 0 Å². The second-order valence-corrected chi connectivity index (χ2v) is 2.40. The number of hydrogen-bond acceptors (Lipinski definition) is 3. The maximum absolute atomic E-state index is 4.97. The Kier molecular flexibility index (Phi) is 1.71. The summed E-state index contributed by atoms with van der Waals surface area (Å²) in [4.78, 5) is 4.97. The molecule has 0 spiro atoms. The summed E-state index contributed by atoms with van der Waals surface area (Å²) in [5, 5.41) is 3.53. The minimum Gasteiger partial charge on any atom is -0.386 e. The Bertz CT molecular complexity index is 114. The van der Waals surface area contributed by atoms with E-state index in [1.54, 1.807) is 7.11 Å². The molecule has 0 saturated heterocycles. The van der Waals surface area contributed by atoms with Crippen molar-refractivity contribution in [3.05, 3.63) is 0 Å². The molecule has 1 unspecified atom stereocenters. The van der Waals surface area contributed by atoms with Crippen molar-refractivity contribution in [3.63, 3.8) is 0 Å². The highest BCUT2D eigenvalue weighted by Crippen LogP contribution is 2.19. The van der Waals surface area contributed by atoms with Gasteiger partial charge in [0, 0.05) is 13.5 Å². The summed E-state index contributed by atoms with van der Waals surface area (Å²) in [6.45, 7) is 2.52. The summed E-state index contributed by atoms with van der Waals surface area (Å²) in [6.07, 6.45) is 3.44. The van der Waals surface area contributed by atoms with Gasteiger partial charge in [-0.25, -0.2) is 0 Å². The molecule has 0 aromatic rings. The first-order valence-electron chi connectivity index (χ1n) is 2.87. The summed E-state index contributed by atoms with van der Waals surface area (Å²) in [6, 6.07) is 0. The zero-order chi connectivity index (χ0) is 6.74. The minimum atomic E-state index is -0.255. The lowest BCUT2D eigenvalue weighted by atomic mass is 10.1. The maximum Gasteiger partial charge on any atom is 0.163 e. The molecular weight excluding hydrogens is 118 g/mol. The molecule has 1 aliphatic rings. The van der Waals surface area contributed by atoms with Crippen molar-refractivity contribution in [2.75, 3.05) is 13.7 Å². The van der Waals surface area contributed by atoms with Gasteiger partial charge in [-0.2, -0.15) is 0 Å². The van der Waals surface area contributed by atoms with Crippen LogP contribution in [0.1, 0.15) is 13.3 Å². The van der Waals surface area contributed by atoms with Crippen LogP contribution in [0.4, 0.5) is 0 Å². The largest absolute Gasteiger partial charge is 0.386 e. The molecule has 3 nitrogen and oxygen atoms in total. The normalized spacial score (nSPS) is 32.7. The summed E-state index contributed by atoms with van der Waals surface area (Å²) >= 11 is 0. The van der Waals surface area contributed by atoms with Gasteiger partial charge in [0.1, 0.15) is 6.21 Å². The molecular formula is C6H10NO2. The van der Waals surface area contributed by atoms with Crippen LogP contribution in [0.2, 0.25) is 0 Å². The monoisotopic (exact) mass is 128 g/mol. The van der Waals surface area contributed by atoms with E-state index in [2.05, 4.69) is 11.4 Å². The second kappa shape index (κ2) is 2.35. The Morgan fingerprint density at radius 1 is 1.89 bits per heavy atom. The third-order valence-electron chi connectivity index (χ3n) is 1.23. The Morgan fingerprint density at radius 2 is 2.67 bits per heavy atom. The lowest BCUT2D eigenvalue weighted by Crippen LogP contribution is -2.29. The van der Waals surface area contributed by atoms with E-state index in [0.29, 0.717) is 6.61 Å². The van der Waals surface area contributed by atoms with E-state index in [1.165, 1.54) is 0 Å². The van der Waals surface area contributed by atoms with Gasteiger partial charge in [0.25, 0.3) is 0 Å².